The Morgan fingerprint density at radius 3 is 2.65 bits per heavy atom. The Morgan fingerprint density at radius 2 is 2.09 bits per heavy atom. The van der Waals surface area contributed by atoms with E-state index >= 15 is 0 Å². The minimum atomic E-state index is -3.79. The molecule has 126 valence electrons. The van der Waals surface area contributed by atoms with Gasteiger partial charge in [-0.2, -0.15) is 0 Å². The molecule has 2 aromatic rings. The lowest BCUT2D eigenvalue weighted by atomic mass is 10.2. The SMILES string of the molecule is CCOC(=O)c1c(C)c(S(=O)(=O)NCc2ccco2)c(C)n1C. The van der Waals surface area contributed by atoms with Gasteiger partial charge in [-0.05, 0) is 32.9 Å². The van der Waals surface area contributed by atoms with Gasteiger partial charge in [-0.15, -0.1) is 0 Å². The van der Waals surface area contributed by atoms with Crippen LogP contribution in [0.4, 0.5) is 0 Å². The molecule has 0 radical (unpaired) electrons. The molecule has 0 saturated carbocycles. The Hall–Kier alpha value is -2.06. The van der Waals surface area contributed by atoms with Crippen LogP contribution in [0.2, 0.25) is 0 Å². The van der Waals surface area contributed by atoms with Crippen LogP contribution in [0.1, 0.15) is 34.4 Å². The molecule has 0 aliphatic carbocycles. The number of ether oxygens (including phenoxy) is 1. The van der Waals surface area contributed by atoms with E-state index in [2.05, 4.69) is 4.72 Å². The monoisotopic (exact) mass is 340 g/mol. The van der Waals surface area contributed by atoms with E-state index in [1.807, 2.05) is 0 Å². The van der Waals surface area contributed by atoms with Gasteiger partial charge in [-0.3, -0.25) is 0 Å². The van der Waals surface area contributed by atoms with Gasteiger partial charge in [0.2, 0.25) is 10.0 Å². The molecule has 0 amide bonds. The van der Waals surface area contributed by atoms with Gasteiger partial charge in [0.1, 0.15) is 16.3 Å². The normalized spacial score (nSPS) is 11.7. The molecule has 0 atom stereocenters. The maximum atomic E-state index is 12.6. The summed E-state index contributed by atoms with van der Waals surface area (Å²) in [5.41, 5.74) is 1.08. The highest BCUT2D eigenvalue weighted by molar-refractivity contribution is 7.89. The number of carbonyl (C=O) groups excluding carboxylic acids is 1. The Balaban J connectivity index is 2.38. The predicted octanol–water partition coefficient (Wildman–Crippen LogP) is 1.89. The zero-order valence-corrected chi connectivity index (χ0v) is 14.4. The molecule has 8 heteroatoms. The van der Waals surface area contributed by atoms with Crippen molar-refractivity contribution in [2.45, 2.75) is 32.2 Å². The van der Waals surface area contributed by atoms with E-state index in [4.69, 9.17) is 9.15 Å². The van der Waals surface area contributed by atoms with Crippen molar-refractivity contribution in [2.75, 3.05) is 6.61 Å². The van der Waals surface area contributed by atoms with E-state index in [9.17, 15) is 13.2 Å². The summed E-state index contributed by atoms with van der Waals surface area (Å²) in [5, 5.41) is 0. The van der Waals surface area contributed by atoms with Crippen LogP contribution in [0.25, 0.3) is 0 Å². The van der Waals surface area contributed by atoms with E-state index in [0.29, 0.717) is 17.0 Å². The van der Waals surface area contributed by atoms with Crippen LogP contribution < -0.4 is 4.72 Å². The lowest BCUT2D eigenvalue weighted by Gasteiger charge is -2.06. The number of esters is 1. The molecular weight excluding hydrogens is 320 g/mol. The van der Waals surface area contributed by atoms with Gasteiger partial charge in [0.05, 0.1) is 19.4 Å². The number of hydrogen-bond acceptors (Lipinski definition) is 5. The van der Waals surface area contributed by atoms with Crippen LogP contribution in [0.15, 0.2) is 27.7 Å². The topological polar surface area (TPSA) is 90.5 Å². The third-order valence-electron chi connectivity index (χ3n) is 3.62. The molecular formula is C15H20N2O5S. The molecule has 0 fully saturated rings. The molecule has 0 saturated heterocycles. The molecule has 23 heavy (non-hydrogen) atoms. The average molecular weight is 340 g/mol. The smallest absolute Gasteiger partial charge is 0.355 e. The van der Waals surface area contributed by atoms with Crippen molar-refractivity contribution in [1.82, 2.24) is 9.29 Å². The second kappa shape index (κ2) is 6.59. The van der Waals surface area contributed by atoms with Crippen LogP contribution in [0, 0.1) is 13.8 Å². The molecule has 0 unspecified atom stereocenters. The minimum Gasteiger partial charge on any atom is -0.468 e. The number of aromatic nitrogens is 1. The van der Waals surface area contributed by atoms with Crippen molar-refractivity contribution >= 4 is 16.0 Å². The van der Waals surface area contributed by atoms with Gasteiger partial charge in [-0.1, -0.05) is 0 Å². The third kappa shape index (κ3) is 3.32. The van der Waals surface area contributed by atoms with Crippen molar-refractivity contribution in [2.24, 2.45) is 7.05 Å². The summed E-state index contributed by atoms with van der Waals surface area (Å²) in [4.78, 5) is 12.1. The summed E-state index contributed by atoms with van der Waals surface area (Å²) < 4.78 is 39.3. The molecule has 0 aliphatic heterocycles. The summed E-state index contributed by atoms with van der Waals surface area (Å²) in [7, 11) is -2.15. The van der Waals surface area contributed by atoms with Gasteiger partial charge in [-0.25, -0.2) is 17.9 Å². The van der Waals surface area contributed by atoms with Gasteiger partial charge in [0.25, 0.3) is 0 Å². The highest BCUT2D eigenvalue weighted by Crippen LogP contribution is 2.26. The van der Waals surface area contributed by atoms with Crippen molar-refractivity contribution in [3.8, 4) is 0 Å². The van der Waals surface area contributed by atoms with E-state index in [1.54, 1.807) is 40.0 Å². The first kappa shape index (κ1) is 17.3. The fourth-order valence-electron chi connectivity index (χ4n) is 2.49. The molecule has 2 heterocycles. The molecule has 2 rings (SSSR count). The van der Waals surface area contributed by atoms with E-state index in [1.165, 1.54) is 10.8 Å². The Bertz CT molecular complexity index is 804. The minimum absolute atomic E-state index is 0.0395. The number of carbonyl (C=O) groups is 1. The zero-order chi connectivity index (χ0) is 17.2. The lowest BCUT2D eigenvalue weighted by Crippen LogP contribution is -2.24. The summed E-state index contributed by atoms with van der Waals surface area (Å²) in [5.74, 6) is -0.0338. The molecule has 0 spiro atoms. The first-order valence-electron chi connectivity index (χ1n) is 7.14. The number of hydrogen-bond donors (Lipinski definition) is 1. The van der Waals surface area contributed by atoms with Crippen LogP contribution in [-0.4, -0.2) is 25.6 Å². The van der Waals surface area contributed by atoms with Crippen molar-refractivity contribution < 1.29 is 22.4 Å². The predicted molar refractivity (Wildman–Crippen MR) is 83.6 cm³/mol. The number of furan rings is 1. The maximum Gasteiger partial charge on any atom is 0.355 e. The van der Waals surface area contributed by atoms with Crippen LogP contribution >= 0.6 is 0 Å². The summed E-state index contributed by atoms with van der Waals surface area (Å²) in [6.07, 6.45) is 1.47. The number of rotatable bonds is 6. The first-order chi connectivity index (χ1) is 10.8. The Kier molecular flexibility index (Phi) is 4.96. The second-order valence-electron chi connectivity index (χ2n) is 5.07. The molecule has 1 N–H and O–H groups in total. The van der Waals surface area contributed by atoms with Gasteiger partial charge >= 0.3 is 5.97 Å². The molecule has 2 aromatic heterocycles. The van der Waals surface area contributed by atoms with Crippen molar-refractivity contribution in [3.63, 3.8) is 0 Å². The zero-order valence-electron chi connectivity index (χ0n) is 13.5. The van der Waals surface area contributed by atoms with Gasteiger partial charge in [0, 0.05) is 18.3 Å². The number of nitrogens with zero attached hydrogens (tertiary/aromatic N) is 1. The van der Waals surface area contributed by atoms with E-state index in [-0.39, 0.29) is 23.7 Å². The lowest BCUT2D eigenvalue weighted by molar-refractivity contribution is 0.0514. The molecule has 0 aromatic carbocycles. The highest BCUT2D eigenvalue weighted by atomic mass is 32.2. The summed E-state index contributed by atoms with van der Waals surface area (Å²) in [6, 6.07) is 3.36. The summed E-state index contributed by atoms with van der Waals surface area (Å²) in [6.45, 7) is 5.21. The largest absolute Gasteiger partial charge is 0.468 e. The van der Waals surface area contributed by atoms with E-state index in [0.717, 1.165) is 0 Å². The second-order valence-corrected chi connectivity index (χ2v) is 6.78. The number of nitrogens with one attached hydrogen (secondary N) is 1. The van der Waals surface area contributed by atoms with Crippen LogP contribution in [0.5, 0.6) is 0 Å². The highest BCUT2D eigenvalue weighted by Gasteiger charge is 2.29. The van der Waals surface area contributed by atoms with Crippen LogP contribution in [0.3, 0.4) is 0 Å². The van der Waals surface area contributed by atoms with Gasteiger partial charge in [0.15, 0.2) is 0 Å². The van der Waals surface area contributed by atoms with E-state index < -0.39 is 16.0 Å². The Labute approximate surface area is 135 Å². The average Bonchev–Trinajstić information content (AvgIpc) is 3.05. The quantitative estimate of drug-likeness (QED) is 0.811. The van der Waals surface area contributed by atoms with Crippen molar-refractivity contribution in [3.05, 3.63) is 41.1 Å². The maximum absolute atomic E-state index is 12.6. The summed E-state index contributed by atoms with van der Waals surface area (Å²) >= 11 is 0. The Morgan fingerprint density at radius 1 is 1.39 bits per heavy atom. The molecule has 0 aliphatic rings. The van der Waals surface area contributed by atoms with Crippen LogP contribution in [-0.2, 0) is 28.4 Å². The molecule has 0 bridgehead atoms. The van der Waals surface area contributed by atoms with Gasteiger partial charge < -0.3 is 13.7 Å². The first-order valence-corrected chi connectivity index (χ1v) is 8.63. The fourth-order valence-corrected chi connectivity index (χ4v) is 3.99. The fraction of sp³-hybridized carbons (Fsp3) is 0.400. The number of sulfonamides is 1. The standard InChI is InChI=1S/C15H20N2O5S/c1-5-21-15(18)13-10(2)14(11(3)17(13)4)23(19,20)16-9-12-7-6-8-22-12/h6-8,16H,5,9H2,1-4H3. The van der Waals surface area contributed by atoms with Crippen molar-refractivity contribution in [1.29, 1.82) is 0 Å². The third-order valence-corrected chi connectivity index (χ3v) is 5.28. The molecule has 7 nitrogen and oxygen atoms in total.